The van der Waals surface area contributed by atoms with E-state index in [9.17, 15) is 0 Å². The van der Waals surface area contributed by atoms with Crippen LogP contribution in [-0.2, 0) is 0 Å². The zero-order valence-corrected chi connectivity index (χ0v) is 20.0. The van der Waals surface area contributed by atoms with E-state index < -0.39 is 0 Å². The van der Waals surface area contributed by atoms with Gasteiger partial charge in [-0.05, 0) is 51.4 Å². The van der Waals surface area contributed by atoms with Gasteiger partial charge in [-0.3, -0.25) is 0 Å². The van der Waals surface area contributed by atoms with Crippen LogP contribution >= 0.6 is 0 Å². The van der Waals surface area contributed by atoms with Crippen LogP contribution in [0, 0.1) is 0 Å². The normalized spacial score (nSPS) is 17.2. The van der Waals surface area contributed by atoms with Crippen molar-refractivity contribution in [2.24, 2.45) is 0 Å². The molecule has 2 heteroatoms. The fourth-order valence-electron chi connectivity index (χ4n) is 5.52. The molecule has 1 aliphatic carbocycles. The molecule has 1 N–H and O–H groups in total. The van der Waals surface area contributed by atoms with E-state index in [0.29, 0.717) is 0 Å². The van der Waals surface area contributed by atoms with Crippen LogP contribution < -0.4 is 0 Å². The highest BCUT2D eigenvalue weighted by atomic mass is 16.0. The largest absolute Gasteiger partial charge is 0.870 e. The molecule has 0 aromatic carbocycles. The van der Waals surface area contributed by atoms with Gasteiger partial charge in [0, 0.05) is 0 Å². The van der Waals surface area contributed by atoms with Gasteiger partial charge in [0.05, 0.1) is 25.7 Å². The SMILES string of the molecule is CCCCCCCCCCCCC[N+](CCC)(CCCC)C1CCCCC1.[OH-]. The zero-order chi connectivity index (χ0) is 19.6. The van der Waals surface area contributed by atoms with Crippen molar-refractivity contribution in [3.05, 3.63) is 0 Å². The molecule has 1 unspecified atom stereocenters. The van der Waals surface area contributed by atoms with Crippen molar-refractivity contribution in [3.63, 3.8) is 0 Å². The van der Waals surface area contributed by atoms with Crippen molar-refractivity contribution >= 4 is 0 Å². The fourth-order valence-corrected chi connectivity index (χ4v) is 5.52. The van der Waals surface area contributed by atoms with Gasteiger partial charge < -0.3 is 9.96 Å². The maximum absolute atomic E-state index is 2.42. The van der Waals surface area contributed by atoms with Crippen LogP contribution in [0.25, 0.3) is 0 Å². The molecule has 1 saturated carbocycles. The molecule has 0 aromatic rings. The predicted octanol–water partition coefficient (Wildman–Crippen LogP) is 8.48. The Bertz CT molecular complexity index is 314. The Morgan fingerprint density at radius 2 is 0.964 bits per heavy atom. The summed E-state index contributed by atoms with van der Waals surface area (Å²) in [7, 11) is 0. The molecule has 0 radical (unpaired) electrons. The molecule has 0 aliphatic heterocycles. The molecule has 1 fully saturated rings. The Labute approximate surface area is 178 Å². The van der Waals surface area contributed by atoms with E-state index in [1.807, 2.05) is 0 Å². The van der Waals surface area contributed by atoms with Gasteiger partial charge in [0.2, 0.25) is 0 Å². The highest BCUT2D eigenvalue weighted by Crippen LogP contribution is 2.30. The van der Waals surface area contributed by atoms with Gasteiger partial charge in [-0.15, -0.1) is 0 Å². The molecule has 0 spiro atoms. The summed E-state index contributed by atoms with van der Waals surface area (Å²) in [5, 5.41) is 0. The highest BCUT2D eigenvalue weighted by molar-refractivity contribution is 4.68. The third-order valence-corrected chi connectivity index (χ3v) is 7.18. The van der Waals surface area contributed by atoms with Crippen molar-refractivity contribution in [2.75, 3.05) is 19.6 Å². The maximum Gasteiger partial charge on any atom is 0.0890 e. The first-order chi connectivity index (χ1) is 13.3. The summed E-state index contributed by atoms with van der Waals surface area (Å²) in [6, 6.07) is 0.994. The summed E-state index contributed by atoms with van der Waals surface area (Å²) < 4.78 is 1.49. The van der Waals surface area contributed by atoms with E-state index in [1.54, 1.807) is 0 Å². The first-order valence-corrected chi connectivity index (χ1v) is 13.1. The average molecular weight is 398 g/mol. The molecule has 0 heterocycles. The zero-order valence-electron chi connectivity index (χ0n) is 20.0. The van der Waals surface area contributed by atoms with Crippen LogP contribution in [-0.4, -0.2) is 35.6 Å². The molecule has 0 amide bonds. The molecule has 0 aromatic heterocycles. The van der Waals surface area contributed by atoms with E-state index in [1.165, 1.54) is 146 Å². The van der Waals surface area contributed by atoms with Crippen LogP contribution in [0.15, 0.2) is 0 Å². The van der Waals surface area contributed by atoms with E-state index >= 15 is 0 Å². The standard InChI is InChI=1S/C26H54N.H2O/c1-4-7-9-10-11-12-13-14-15-16-20-25-27(23-6-3,24-8-5-2)26-21-18-17-19-22-26;/h26H,4-25H2,1-3H3;1H2/q+1;/p-1. The first-order valence-electron chi connectivity index (χ1n) is 13.1. The molecular weight excluding hydrogens is 342 g/mol. The second-order valence-electron chi connectivity index (χ2n) is 9.57. The Hall–Kier alpha value is -0.0800. The van der Waals surface area contributed by atoms with Crippen LogP contribution in [0.3, 0.4) is 0 Å². The minimum absolute atomic E-state index is 0. The van der Waals surface area contributed by atoms with Crippen molar-refractivity contribution in [3.8, 4) is 0 Å². The van der Waals surface area contributed by atoms with Crippen molar-refractivity contribution in [1.29, 1.82) is 0 Å². The molecular formula is C26H55NO. The topological polar surface area (TPSA) is 30.0 Å². The second kappa shape index (κ2) is 18.9. The lowest BCUT2D eigenvalue weighted by atomic mass is 9.91. The van der Waals surface area contributed by atoms with E-state index in [-0.39, 0.29) is 5.48 Å². The molecule has 1 aliphatic rings. The molecule has 28 heavy (non-hydrogen) atoms. The van der Waals surface area contributed by atoms with Gasteiger partial charge in [-0.1, -0.05) is 91.4 Å². The van der Waals surface area contributed by atoms with Crippen molar-refractivity contribution in [2.45, 2.75) is 149 Å². The summed E-state index contributed by atoms with van der Waals surface area (Å²) in [6.07, 6.45) is 27.9. The summed E-state index contributed by atoms with van der Waals surface area (Å²) in [6.45, 7) is 11.5. The van der Waals surface area contributed by atoms with Gasteiger partial charge in [0.25, 0.3) is 0 Å². The van der Waals surface area contributed by atoms with Gasteiger partial charge in [0.15, 0.2) is 0 Å². The van der Waals surface area contributed by atoms with Crippen molar-refractivity contribution in [1.82, 2.24) is 0 Å². The van der Waals surface area contributed by atoms with Gasteiger partial charge in [0.1, 0.15) is 0 Å². The minimum atomic E-state index is 0. The van der Waals surface area contributed by atoms with Crippen LogP contribution in [0.1, 0.15) is 143 Å². The maximum atomic E-state index is 2.42. The van der Waals surface area contributed by atoms with Gasteiger partial charge in [-0.2, -0.15) is 0 Å². The second-order valence-corrected chi connectivity index (χ2v) is 9.57. The molecule has 1 rings (SSSR count). The molecule has 1 atom stereocenters. The van der Waals surface area contributed by atoms with Crippen LogP contribution in [0.5, 0.6) is 0 Å². The Balaban J connectivity index is 0.00000729. The third-order valence-electron chi connectivity index (χ3n) is 7.18. The summed E-state index contributed by atoms with van der Waals surface area (Å²) in [5.74, 6) is 0. The van der Waals surface area contributed by atoms with Gasteiger partial charge in [-0.25, -0.2) is 0 Å². The fraction of sp³-hybridized carbons (Fsp3) is 1.00. The lowest BCUT2D eigenvalue weighted by Gasteiger charge is -2.47. The number of quaternary nitrogens is 1. The summed E-state index contributed by atoms with van der Waals surface area (Å²) in [4.78, 5) is 0. The minimum Gasteiger partial charge on any atom is -0.870 e. The third kappa shape index (κ3) is 11.8. The quantitative estimate of drug-likeness (QED) is 0.168. The highest BCUT2D eigenvalue weighted by Gasteiger charge is 2.35. The number of hydrogen-bond donors (Lipinski definition) is 0. The number of nitrogens with zero attached hydrogens (tertiary/aromatic N) is 1. The number of hydrogen-bond acceptors (Lipinski definition) is 1. The molecule has 170 valence electrons. The van der Waals surface area contributed by atoms with Crippen LogP contribution in [0.4, 0.5) is 0 Å². The first kappa shape index (κ1) is 27.9. The van der Waals surface area contributed by atoms with Crippen molar-refractivity contribution < 1.29 is 9.96 Å². The van der Waals surface area contributed by atoms with E-state index in [2.05, 4.69) is 20.8 Å². The lowest BCUT2D eigenvalue weighted by Crippen LogP contribution is -2.57. The predicted molar refractivity (Wildman–Crippen MR) is 125 cm³/mol. The molecule has 2 nitrogen and oxygen atoms in total. The monoisotopic (exact) mass is 397 g/mol. The lowest BCUT2D eigenvalue weighted by molar-refractivity contribution is -0.953. The average Bonchev–Trinajstić information content (AvgIpc) is 2.71. The molecule has 0 saturated heterocycles. The Morgan fingerprint density at radius 3 is 1.46 bits per heavy atom. The Morgan fingerprint density at radius 1 is 0.500 bits per heavy atom. The summed E-state index contributed by atoms with van der Waals surface area (Å²) in [5.41, 5.74) is 0. The van der Waals surface area contributed by atoms with Gasteiger partial charge >= 0.3 is 0 Å². The van der Waals surface area contributed by atoms with E-state index in [4.69, 9.17) is 0 Å². The molecule has 0 bridgehead atoms. The number of unbranched alkanes of at least 4 members (excludes halogenated alkanes) is 11. The smallest absolute Gasteiger partial charge is 0.0890 e. The van der Waals surface area contributed by atoms with Crippen LogP contribution in [0.2, 0.25) is 0 Å². The summed E-state index contributed by atoms with van der Waals surface area (Å²) >= 11 is 0. The van der Waals surface area contributed by atoms with E-state index in [0.717, 1.165) is 6.04 Å². The Kier molecular flexibility index (Phi) is 18.9. The number of rotatable bonds is 18.